The molecule has 0 bridgehead atoms. The number of halogens is 1. The highest BCUT2D eigenvalue weighted by Crippen LogP contribution is 2.69. The van der Waals surface area contributed by atoms with E-state index in [2.05, 4.69) is 4.39 Å². The van der Waals surface area contributed by atoms with E-state index in [-0.39, 0.29) is 6.42 Å². The molecule has 0 amide bonds. The summed E-state index contributed by atoms with van der Waals surface area (Å²) in [5.74, 6) is -1.40. The van der Waals surface area contributed by atoms with Gasteiger partial charge >= 0.3 is 0 Å². The van der Waals surface area contributed by atoms with Gasteiger partial charge in [0, 0.05) is 14.7 Å². The van der Waals surface area contributed by atoms with Crippen LogP contribution in [0.3, 0.4) is 0 Å². The fourth-order valence-electron chi connectivity index (χ4n) is 3.00. The van der Waals surface area contributed by atoms with Crippen LogP contribution in [-0.4, -0.2) is 28.3 Å². The smallest absolute Gasteiger partial charge is 0.207 e. The van der Waals surface area contributed by atoms with E-state index in [9.17, 15) is 21.4 Å². The van der Waals surface area contributed by atoms with Crippen LogP contribution in [0.5, 0.6) is 0 Å². The minimum Gasteiger partial charge on any atom is -0.207 e. The summed E-state index contributed by atoms with van der Waals surface area (Å²) in [5.41, 5.74) is 0. The number of rotatable bonds is 10. The van der Waals surface area contributed by atoms with E-state index in [0.29, 0.717) is 14.7 Å². The van der Waals surface area contributed by atoms with Gasteiger partial charge in [0.25, 0.3) is 20.2 Å². The van der Waals surface area contributed by atoms with E-state index in [1.165, 1.54) is 0 Å². The molecule has 3 aromatic rings. The summed E-state index contributed by atoms with van der Waals surface area (Å²) in [4.78, 5) is 1.99. The molecule has 0 radical (unpaired) electrons. The molecule has 0 fully saturated rings. The second-order valence-electron chi connectivity index (χ2n) is 6.50. The van der Waals surface area contributed by atoms with Gasteiger partial charge in [-0.15, -0.1) is 0 Å². The second-order valence-corrected chi connectivity index (χ2v) is 12.7. The van der Waals surface area contributed by atoms with Gasteiger partial charge in [0.15, 0.2) is 0 Å². The summed E-state index contributed by atoms with van der Waals surface area (Å²) in [6, 6.07) is 27.0. The first-order chi connectivity index (χ1) is 14.8. The molecule has 0 spiro atoms. The van der Waals surface area contributed by atoms with Crippen LogP contribution in [-0.2, 0) is 28.3 Å². The summed E-state index contributed by atoms with van der Waals surface area (Å²) < 4.78 is 69.4. The molecule has 0 aliphatic heterocycles. The molecule has 3 rings (SSSR count). The Labute approximate surface area is 183 Å². The highest BCUT2D eigenvalue weighted by molar-refractivity contribution is 8.33. The fraction of sp³-hybridized carbons (Fsp3) is 0.143. The lowest BCUT2D eigenvalue weighted by molar-refractivity contribution is 0.00297. The van der Waals surface area contributed by atoms with Crippen LogP contribution in [0.15, 0.2) is 106 Å². The van der Waals surface area contributed by atoms with Crippen molar-refractivity contribution in [3.63, 3.8) is 0 Å². The van der Waals surface area contributed by atoms with Gasteiger partial charge in [0.05, 0.1) is 11.5 Å². The minimum absolute atomic E-state index is 0.373. The van der Waals surface area contributed by atoms with Crippen molar-refractivity contribution in [2.24, 2.45) is 0 Å². The van der Waals surface area contributed by atoms with Crippen LogP contribution in [0, 0.1) is 0 Å². The van der Waals surface area contributed by atoms with Crippen molar-refractivity contribution < 1.29 is 29.4 Å². The van der Waals surface area contributed by atoms with Gasteiger partial charge in [0.1, 0.15) is 0 Å². The zero-order valence-electron chi connectivity index (χ0n) is 16.3. The lowest BCUT2D eigenvalue weighted by Crippen LogP contribution is -2.18. The summed E-state index contributed by atoms with van der Waals surface area (Å²) >= 11 is 0. The van der Waals surface area contributed by atoms with Crippen molar-refractivity contribution in [2.45, 2.75) is 21.1 Å². The number of hydrogen-bond donors (Lipinski definition) is 0. The topological polar surface area (TPSA) is 86.7 Å². The average Bonchev–Trinajstić information content (AvgIpc) is 2.79. The summed E-state index contributed by atoms with van der Waals surface area (Å²) in [7, 11) is -11.3. The Kier molecular flexibility index (Phi) is 7.50. The Morgan fingerprint density at radius 2 is 0.935 bits per heavy atom. The molecule has 0 heterocycles. The molecule has 6 nitrogen and oxygen atoms in total. The minimum atomic E-state index is -4.42. The Hall–Kier alpha value is -2.24. The first-order valence-corrected chi connectivity index (χ1v) is 14.0. The molecular weight excluding hydrogens is 463 g/mol. The van der Waals surface area contributed by atoms with Crippen LogP contribution < -0.4 is 0 Å². The van der Waals surface area contributed by atoms with E-state index in [1.54, 1.807) is 72.8 Å². The highest BCUT2D eigenvalue weighted by Gasteiger charge is 2.37. The Morgan fingerprint density at radius 1 is 0.581 bits per heavy atom. The molecule has 0 aliphatic rings. The van der Waals surface area contributed by atoms with Gasteiger partial charge in [-0.25, -0.2) is 3.63 Å². The Balaban J connectivity index is 2.10. The van der Waals surface area contributed by atoms with Crippen molar-refractivity contribution in [3.05, 3.63) is 91.0 Å². The molecule has 0 atom stereocenters. The highest BCUT2D eigenvalue weighted by atomic mass is 32.3. The molecule has 0 aromatic heterocycles. The zero-order valence-corrected chi connectivity index (χ0v) is 18.8. The monoisotopic (exact) mass is 484 g/mol. The number of hydrogen-bond acceptors (Lipinski definition) is 6. The average molecular weight is 485 g/mol. The van der Waals surface area contributed by atoms with Gasteiger partial charge < -0.3 is 0 Å². The third-order valence-corrected chi connectivity index (χ3v) is 10.5. The van der Waals surface area contributed by atoms with Crippen molar-refractivity contribution in [3.8, 4) is 0 Å². The van der Waals surface area contributed by atoms with Crippen molar-refractivity contribution in [1.82, 2.24) is 0 Å². The van der Waals surface area contributed by atoms with Gasteiger partial charge in [-0.3, -0.25) is 0 Å². The second kappa shape index (κ2) is 9.92. The van der Waals surface area contributed by atoms with Crippen LogP contribution in [0.4, 0.5) is 4.53 Å². The summed E-state index contributed by atoms with van der Waals surface area (Å²) in [6.07, 6.45) is -0.373. The van der Waals surface area contributed by atoms with E-state index in [4.69, 9.17) is 3.63 Å². The predicted octanol–water partition coefficient (Wildman–Crippen LogP) is 4.85. The van der Waals surface area contributed by atoms with Crippen molar-refractivity contribution in [1.29, 1.82) is 0 Å². The first-order valence-electron chi connectivity index (χ1n) is 9.24. The van der Waals surface area contributed by atoms with Crippen LogP contribution >= 0.6 is 10.3 Å². The Morgan fingerprint density at radius 3 is 1.29 bits per heavy atom. The number of benzene rings is 3. The normalized spacial score (nSPS) is 13.1. The molecule has 31 heavy (non-hydrogen) atoms. The molecular formula is C21H21FO6S3. The van der Waals surface area contributed by atoms with E-state index < -0.39 is 42.1 Å². The van der Waals surface area contributed by atoms with Crippen LogP contribution in [0.2, 0.25) is 0 Å². The standard InChI is InChI=1S/C21H21FO6S3/c22-27-29(23,24)17-10-18-30(25,26)28-31(19-11-4-1-5-12-19,20-13-6-2-7-14-20)21-15-8-3-9-16-21/h1-9,11-16H,10,17-18H2. The molecule has 166 valence electrons. The van der Waals surface area contributed by atoms with Crippen molar-refractivity contribution >= 4 is 30.5 Å². The third-order valence-electron chi connectivity index (χ3n) is 4.32. The first kappa shape index (κ1) is 23.4. The molecule has 10 heteroatoms. The van der Waals surface area contributed by atoms with Crippen LogP contribution in [0.25, 0.3) is 0 Å². The van der Waals surface area contributed by atoms with E-state index >= 15 is 0 Å². The maximum atomic E-state index is 13.0. The molecule has 0 saturated carbocycles. The maximum absolute atomic E-state index is 13.0. The van der Waals surface area contributed by atoms with Gasteiger partial charge in [0.2, 0.25) is 0 Å². The molecule has 0 unspecified atom stereocenters. The molecule has 0 N–H and O–H groups in total. The lowest BCUT2D eigenvalue weighted by Gasteiger charge is -2.39. The summed E-state index contributed by atoms with van der Waals surface area (Å²) in [6.45, 7) is 0. The molecule has 3 aromatic carbocycles. The van der Waals surface area contributed by atoms with E-state index in [0.717, 1.165) is 0 Å². The Bertz CT molecular complexity index is 1090. The van der Waals surface area contributed by atoms with Gasteiger partial charge in [-0.2, -0.15) is 16.8 Å². The predicted molar refractivity (Wildman–Crippen MR) is 117 cm³/mol. The summed E-state index contributed by atoms with van der Waals surface area (Å²) in [5, 5.41) is 0. The molecule has 0 aliphatic carbocycles. The third kappa shape index (κ3) is 5.72. The lowest BCUT2D eigenvalue weighted by atomic mass is 10.4. The van der Waals surface area contributed by atoms with Gasteiger partial charge in [-0.05, 0) is 57.7 Å². The van der Waals surface area contributed by atoms with Crippen LogP contribution in [0.1, 0.15) is 6.42 Å². The van der Waals surface area contributed by atoms with Crippen molar-refractivity contribution in [2.75, 3.05) is 11.5 Å². The zero-order chi connectivity index (χ0) is 22.4. The van der Waals surface area contributed by atoms with Gasteiger partial charge in [-0.1, -0.05) is 59.0 Å². The fourth-order valence-corrected chi connectivity index (χ4v) is 9.13. The van der Waals surface area contributed by atoms with E-state index in [1.807, 2.05) is 18.2 Å². The quantitative estimate of drug-likeness (QED) is 0.409. The molecule has 0 saturated heterocycles. The SMILES string of the molecule is O=S(=O)(CCCS(=O)(=O)OS(c1ccccc1)(c1ccccc1)c1ccccc1)OF. The largest absolute Gasteiger partial charge is 0.297 e. The maximum Gasteiger partial charge on any atom is 0.297 e.